The minimum absolute atomic E-state index is 0.331. The summed E-state index contributed by atoms with van der Waals surface area (Å²) in [6.45, 7) is 6.83. The van der Waals surface area contributed by atoms with E-state index in [9.17, 15) is 4.79 Å². The van der Waals surface area contributed by atoms with Crippen molar-refractivity contribution >= 4 is 11.6 Å². The second-order valence-corrected chi connectivity index (χ2v) is 6.54. The molecule has 1 amide bonds. The normalized spacial score (nSPS) is 22.1. The molecule has 2 aliphatic heterocycles. The van der Waals surface area contributed by atoms with Crippen LogP contribution in [0.2, 0.25) is 0 Å². The number of nitrogens with one attached hydrogen (secondary N) is 1. The molecular formula is C18H27N3O. The lowest BCUT2D eigenvalue weighted by Gasteiger charge is -2.36. The number of nitrogens with zero attached hydrogens (tertiary/aromatic N) is 2. The van der Waals surface area contributed by atoms with E-state index in [2.05, 4.69) is 41.4 Å². The van der Waals surface area contributed by atoms with Gasteiger partial charge in [0, 0.05) is 44.3 Å². The van der Waals surface area contributed by atoms with E-state index in [4.69, 9.17) is 0 Å². The quantitative estimate of drug-likeness (QED) is 0.926. The largest absolute Gasteiger partial charge is 0.368 e. The summed E-state index contributed by atoms with van der Waals surface area (Å²) in [5, 5.41) is 3.47. The van der Waals surface area contributed by atoms with Gasteiger partial charge in [-0.1, -0.05) is 12.1 Å². The predicted molar refractivity (Wildman–Crippen MR) is 90.2 cm³/mol. The monoisotopic (exact) mass is 301 g/mol. The highest BCUT2D eigenvalue weighted by Gasteiger charge is 2.22. The van der Waals surface area contributed by atoms with Gasteiger partial charge in [0.25, 0.3) is 0 Å². The number of rotatable bonds is 4. The smallest absolute Gasteiger partial charge is 0.222 e. The van der Waals surface area contributed by atoms with Crippen molar-refractivity contribution in [2.75, 3.05) is 37.6 Å². The number of carbonyl (C=O) groups is 1. The molecule has 4 nitrogen and oxygen atoms in total. The van der Waals surface area contributed by atoms with Crippen LogP contribution >= 0.6 is 0 Å². The lowest BCUT2D eigenvalue weighted by Crippen LogP contribution is -2.49. The number of piperazine rings is 1. The zero-order valence-corrected chi connectivity index (χ0v) is 13.6. The zero-order chi connectivity index (χ0) is 15.4. The van der Waals surface area contributed by atoms with E-state index in [1.807, 2.05) is 4.90 Å². The molecule has 1 unspecified atom stereocenters. The second-order valence-electron chi connectivity index (χ2n) is 6.54. The fraction of sp³-hybridized carbons (Fsp3) is 0.611. The van der Waals surface area contributed by atoms with Gasteiger partial charge >= 0.3 is 0 Å². The number of amides is 1. The molecule has 1 aromatic rings. The molecular weight excluding hydrogens is 274 g/mol. The summed E-state index contributed by atoms with van der Waals surface area (Å²) in [5.74, 6) is 0.331. The molecule has 0 saturated carbocycles. The van der Waals surface area contributed by atoms with Crippen molar-refractivity contribution in [2.24, 2.45) is 0 Å². The van der Waals surface area contributed by atoms with Gasteiger partial charge in [-0.05, 0) is 50.4 Å². The molecule has 0 bridgehead atoms. The van der Waals surface area contributed by atoms with E-state index >= 15 is 0 Å². The van der Waals surface area contributed by atoms with E-state index < -0.39 is 0 Å². The van der Waals surface area contributed by atoms with Gasteiger partial charge in [-0.25, -0.2) is 0 Å². The average molecular weight is 301 g/mol. The van der Waals surface area contributed by atoms with Gasteiger partial charge in [0.1, 0.15) is 0 Å². The highest BCUT2D eigenvalue weighted by atomic mass is 16.2. The van der Waals surface area contributed by atoms with Crippen LogP contribution < -0.4 is 10.2 Å². The minimum Gasteiger partial charge on any atom is -0.368 e. The standard InChI is InChI=1S/C18H27N3O/c1-15-4-2-6-17(14-15)20-10-12-21(13-11-20)18(22)8-7-16-5-3-9-19-16/h2,4,6,14,16,19H,3,5,7-13H2,1H3. The Morgan fingerprint density at radius 2 is 2.09 bits per heavy atom. The molecule has 1 N–H and O–H groups in total. The van der Waals surface area contributed by atoms with Crippen LogP contribution in [-0.2, 0) is 4.79 Å². The zero-order valence-electron chi connectivity index (χ0n) is 13.6. The van der Waals surface area contributed by atoms with Gasteiger partial charge in [0.15, 0.2) is 0 Å². The van der Waals surface area contributed by atoms with Crippen LogP contribution in [0.15, 0.2) is 24.3 Å². The Hall–Kier alpha value is -1.55. The maximum absolute atomic E-state index is 12.3. The SMILES string of the molecule is Cc1cccc(N2CCN(C(=O)CCC3CCCN3)CC2)c1. The third-order valence-corrected chi connectivity index (χ3v) is 4.87. The molecule has 120 valence electrons. The molecule has 2 heterocycles. The summed E-state index contributed by atoms with van der Waals surface area (Å²) in [5.41, 5.74) is 2.57. The molecule has 22 heavy (non-hydrogen) atoms. The minimum atomic E-state index is 0.331. The van der Waals surface area contributed by atoms with Gasteiger partial charge in [-0.15, -0.1) is 0 Å². The van der Waals surface area contributed by atoms with Crippen LogP contribution in [0.5, 0.6) is 0 Å². The molecule has 2 aliphatic rings. The average Bonchev–Trinajstić information content (AvgIpc) is 3.06. The van der Waals surface area contributed by atoms with Crippen LogP contribution in [0.3, 0.4) is 0 Å². The van der Waals surface area contributed by atoms with Crippen LogP contribution in [0.25, 0.3) is 0 Å². The van der Waals surface area contributed by atoms with E-state index in [0.717, 1.165) is 39.1 Å². The first-order valence-electron chi connectivity index (χ1n) is 8.55. The second kappa shape index (κ2) is 7.14. The lowest BCUT2D eigenvalue weighted by atomic mass is 10.1. The van der Waals surface area contributed by atoms with Gasteiger partial charge in [0.05, 0.1) is 0 Å². The molecule has 2 fully saturated rings. The van der Waals surface area contributed by atoms with Gasteiger partial charge in [0.2, 0.25) is 5.91 Å². The molecule has 0 aromatic heterocycles. The summed E-state index contributed by atoms with van der Waals surface area (Å²) in [6, 6.07) is 9.19. The van der Waals surface area contributed by atoms with Crippen LogP contribution in [0.4, 0.5) is 5.69 Å². The van der Waals surface area contributed by atoms with Gasteiger partial charge in [-0.2, -0.15) is 0 Å². The summed E-state index contributed by atoms with van der Waals surface area (Å²) in [6.07, 6.45) is 4.18. The van der Waals surface area contributed by atoms with Crippen LogP contribution in [0, 0.1) is 6.92 Å². The topological polar surface area (TPSA) is 35.6 Å². The molecule has 0 radical (unpaired) electrons. The first-order valence-corrected chi connectivity index (χ1v) is 8.55. The van der Waals surface area contributed by atoms with E-state index in [1.165, 1.54) is 24.1 Å². The van der Waals surface area contributed by atoms with Crippen molar-refractivity contribution in [1.82, 2.24) is 10.2 Å². The van der Waals surface area contributed by atoms with Crippen molar-refractivity contribution in [3.8, 4) is 0 Å². The fourth-order valence-corrected chi connectivity index (χ4v) is 3.50. The van der Waals surface area contributed by atoms with E-state index in [0.29, 0.717) is 18.4 Å². The summed E-state index contributed by atoms with van der Waals surface area (Å²) >= 11 is 0. The molecule has 4 heteroatoms. The summed E-state index contributed by atoms with van der Waals surface area (Å²) < 4.78 is 0. The lowest BCUT2D eigenvalue weighted by molar-refractivity contribution is -0.131. The van der Waals surface area contributed by atoms with Crippen molar-refractivity contribution < 1.29 is 4.79 Å². The number of anilines is 1. The maximum Gasteiger partial charge on any atom is 0.222 e. The number of aryl methyl sites for hydroxylation is 1. The fourth-order valence-electron chi connectivity index (χ4n) is 3.50. The molecule has 1 aromatic carbocycles. The Bertz CT molecular complexity index is 503. The molecule has 3 rings (SSSR count). The van der Waals surface area contributed by atoms with Crippen molar-refractivity contribution in [3.63, 3.8) is 0 Å². The van der Waals surface area contributed by atoms with E-state index in [1.54, 1.807) is 0 Å². The molecule has 0 aliphatic carbocycles. The third kappa shape index (κ3) is 3.80. The number of carbonyl (C=O) groups excluding carboxylic acids is 1. The summed E-state index contributed by atoms with van der Waals surface area (Å²) in [4.78, 5) is 16.8. The van der Waals surface area contributed by atoms with Crippen molar-refractivity contribution in [1.29, 1.82) is 0 Å². The molecule has 0 spiro atoms. The van der Waals surface area contributed by atoms with Gasteiger partial charge in [-0.3, -0.25) is 4.79 Å². The molecule has 1 atom stereocenters. The maximum atomic E-state index is 12.3. The van der Waals surface area contributed by atoms with Crippen molar-refractivity contribution in [3.05, 3.63) is 29.8 Å². The first-order chi connectivity index (χ1) is 10.7. The predicted octanol–water partition coefficient (Wildman–Crippen LogP) is 2.18. The third-order valence-electron chi connectivity index (χ3n) is 4.87. The van der Waals surface area contributed by atoms with E-state index in [-0.39, 0.29) is 0 Å². The highest BCUT2D eigenvalue weighted by Crippen LogP contribution is 2.18. The highest BCUT2D eigenvalue weighted by molar-refractivity contribution is 5.76. The first kappa shape index (κ1) is 15.3. The Kier molecular flexibility index (Phi) is 4.98. The van der Waals surface area contributed by atoms with Crippen LogP contribution in [0.1, 0.15) is 31.2 Å². The Morgan fingerprint density at radius 1 is 1.27 bits per heavy atom. The Labute approximate surface area is 133 Å². The Morgan fingerprint density at radius 3 is 2.77 bits per heavy atom. The molecule has 2 saturated heterocycles. The number of benzene rings is 1. The van der Waals surface area contributed by atoms with Crippen LogP contribution in [-0.4, -0.2) is 49.6 Å². The summed E-state index contributed by atoms with van der Waals surface area (Å²) in [7, 11) is 0. The number of hydrogen-bond donors (Lipinski definition) is 1. The van der Waals surface area contributed by atoms with Gasteiger partial charge < -0.3 is 15.1 Å². The Balaban J connectivity index is 1.45. The number of hydrogen-bond acceptors (Lipinski definition) is 3. The van der Waals surface area contributed by atoms with Crippen molar-refractivity contribution in [2.45, 2.75) is 38.6 Å².